The predicted molar refractivity (Wildman–Crippen MR) is 85.8 cm³/mol. The van der Waals surface area contributed by atoms with Crippen molar-refractivity contribution in [2.45, 2.75) is 13.0 Å². The van der Waals surface area contributed by atoms with Gasteiger partial charge < -0.3 is 15.7 Å². The van der Waals surface area contributed by atoms with Crippen molar-refractivity contribution in [1.29, 1.82) is 0 Å². The van der Waals surface area contributed by atoms with Crippen LogP contribution in [0.3, 0.4) is 0 Å². The molecule has 2 amide bonds. The molecule has 1 unspecified atom stereocenters. The number of amides is 2. The first-order valence-corrected chi connectivity index (χ1v) is 6.96. The zero-order valence-corrected chi connectivity index (χ0v) is 12.6. The molecule has 0 radical (unpaired) electrons. The van der Waals surface area contributed by atoms with Crippen LogP contribution in [-0.2, 0) is 9.59 Å². The molecule has 3 N–H and O–H groups in total. The molecule has 6 heteroatoms. The van der Waals surface area contributed by atoms with Crippen molar-refractivity contribution in [3.8, 4) is 0 Å². The van der Waals surface area contributed by atoms with Crippen molar-refractivity contribution >= 4 is 34.8 Å². The number of carbonyl (C=O) groups excluding carboxylic acids is 2. The summed E-state index contributed by atoms with van der Waals surface area (Å²) in [5.74, 6) is -0.888. The van der Waals surface area contributed by atoms with Crippen LogP contribution in [0.2, 0.25) is 5.02 Å². The van der Waals surface area contributed by atoms with Gasteiger partial charge in [0, 0.05) is 11.9 Å². The average Bonchev–Trinajstić information content (AvgIpc) is 2.49. The maximum Gasteiger partial charge on any atom is 0.257 e. The molecule has 0 aliphatic carbocycles. The highest BCUT2D eigenvalue weighted by Crippen LogP contribution is 2.27. The molecule has 22 heavy (non-hydrogen) atoms. The molecule has 2 aromatic rings. The summed E-state index contributed by atoms with van der Waals surface area (Å²) >= 11 is 5.88. The van der Waals surface area contributed by atoms with Gasteiger partial charge in [-0.3, -0.25) is 9.59 Å². The second kappa shape index (κ2) is 7.06. The Balaban J connectivity index is 2.19. The molecule has 0 saturated heterocycles. The minimum Gasteiger partial charge on any atom is -0.378 e. The van der Waals surface area contributed by atoms with Crippen LogP contribution in [0.1, 0.15) is 18.6 Å². The van der Waals surface area contributed by atoms with Gasteiger partial charge in [0.2, 0.25) is 5.91 Å². The maximum atomic E-state index is 12.1. The van der Waals surface area contributed by atoms with E-state index in [4.69, 9.17) is 11.6 Å². The second-order valence-electron chi connectivity index (χ2n) is 4.67. The van der Waals surface area contributed by atoms with Crippen LogP contribution in [0.5, 0.6) is 0 Å². The van der Waals surface area contributed by atoms with Gasteiger partial charge in [0.25, 0.3) is 5.91 Å². The topological polar surface area (TPSA) is 78.4 Å². The van der Waals surface area contributed by atoms with Gasteiger partial charge in [-0.25, -0.2) is 0 Å². The normalized spacial score (nSPS) is 11.6. The molecule has 0 aliphatic heterocycles. The van der Waals surface area contributed by atoms with E-state index in [-0.39, 0.29) is 5.91 Å². The molecule has 0 bridgehead atoms. The molecule has 0 spiro atoms. The van der Waals surface area contributed by atoms with Crippen molar-refractivity contribution in [1.82, 2.24) is 0 Å². The molecular weight excluding hydrogens is 304 g/mol. The van der Waals surface area contributed by atoms with E-state index in [1.54, 1.807) is 42.5 Å². The number of hydrogen-bond acceptors (Lipinski definition) is 3. The van der Waals surface area contributed by atoms with Crippen molar-refractivity contribution in [3.63, 3.8) is 0 Å². The van der Waals surface area contributed by atoms with E-state index in [0.29, 0.717) is 22.0 Å². The number of rotatable bonds is 4. The second-order valence-corrected chi connectivity index (χ2v) is 5.11. The molecule has 2 rings (SSSR count). The highest BCUT2D eigenvalue weighted by molar-refractivity contribution is 6.31. The number of halogens is 1. The molecule has 114 valence electrons. The number of aliphatic hydroxyl groups excluding tert-OH is 1. The molecule has 0 heterocycles. The monoisotopic (exact) mass is 318 g/mol. The van der Waals surface area contributed by atoms with Gasteiger partial charge in [-0.2, -0.15) is 0 Å². The van der Waals surface area contributed by atoms with Crippen molar-refractivity contribution in [2.24, 2.45) is 0 Å². The van der Waals surface area contributed by atoms with Crippen molar-refractivity contribution in [2.75, 3.05) is 10.6 Å². The standard InChI is InChI=1S/C16H15ClN2O3/c1-10(20)18-14-9-12(17)7-8-13(14)19-16(22)15(21)11-5-3-2-4-6-11/h2-9,15,21H,1H3,(H,18,20)(H,19,22). The Morgan fingerprint density at radius 1 is 1.05 bits per heavy atom. The fourth-order valence-electron chi connectivity index (χ4n) is 1.91. The summed E-state index contributed by atoms with van der Waals surface area (Å²) in [5.41, 5.74) is 1.21. The number of benzene rings is 2. The number of anilines is 2. The Bertz CT molecular complexity index is 689. The third-order valence-electron chi connectivity index (χ3n) is 2.91. The Morgan fingerprint density at radius 3 is 2.36 bits per heavy atom. The number of hydrogen-bond donors (Lipinski definition) is 3. The predicted octanol–water partition coefficient (Wildman–Crippen LogP) is 2.97. The quantitative estimate of drug-likeness (QED) is 0.811. The van der Waals surface area contributed by atoms with Gasteiger partial charge in [-0.15, -0.1) is 0 Å². The third-order valence-corrected chi connectivity index (χ3v) is 3.15. The smallest absolute Gasteiger partial charge is 0.257 e. The summed E-state index contributed by atoms with van der Waals surface area (Å²) in [4.78, 5) is 23.3. The fraction of sp³-hybridized carbons (Fsp3) is 0.125. The van der Waals surface area contributed by atoms with Crippen LogP contribution in [0.4, 0.5) is 11.4 Å². The van der Waals surface area contributed by atoms with Crippen LogP contribution >= 0.6 is 11.6 Å². The van der Waals surface area contributed by atoms with Crippen LogP contribution in [-0.4, -0.2) is 16.9 Å². The van der Waals surface area contributed by atoms with Gasteiger partial charge in [0.05, 0.1) is 11.4 Å². The summed E-state index contributed by atoms with van der Waals surface area (Å²) in [6, 6.07) is 13.2. The minimum atomic E-state index is -1.30. The van der Waals surface area contributed by atoms with Gasteiger partial charge in [-0.1, -0.05) is 41.9 Å². The van der Waals surface area contributed by atoms with Crippen molar-refractivity contribution < 1.29 is 14.7 Å². The molecule has 1 atom stereocenters. The highest BCUT2D eigenvalue weighted by atomic mass is 35.5. The van der Waals surface area contributed by atoms with Gasteiger partial charge in [-0.05, 0) is 23.8 Å². The zero-order chi connectivity index (χ0) is 16.1. The lowest BCUT2D eigenvalue weighted by Crippen LogP contribution is -2.21. The van der Waals surface area contributed by atoms with E-state index in [0.717, 1.165) is 0 Å². The minimum absolute atomic E-state index is 0.290. The summed E-state index contributed by atoms with van der Waals surface area (Å²) in [7, 11) is 0. The van der Waals surface area contributed by atoms with Crippen LogP contribution < -0.4 is 10.6 Å². The average molecular weight is 319 g/mol. The Morgan fingerprint density at radius 2 is 1.73 bits per heavy atom. The zero-order valence-electron chi connectivity index (χ0n) is 11.8. The Kier molecular flexibility index (Phi) is 5.14. The lowest BCUT2D eigenvalue weighted by atomic mass is 10.1. The molecule has 5 nitrogen and oxygen atoms in total. The molecule has 0 aliphatic rings. The van der Waals surface area contributed by atoms with Gasteiger partial charge in [0.1, 0.15) is 0 Å². The highest BCUT2D eigenvalue weighted by Gasteiger charge is 2.18. The molecular formula is C16H15ClN2O3. The molecule has 0 aromatic heterocycles. The Labute approximate surface area is 132 Å². The summed E-state index contributed by atoms with van der Waals surface area (Å²) < 4.78 is 0. The fourth-order valence-corrected chi connectivity index (χ4v) is 2.08. The van der Waals surface area contributed by atoms with E-state index in [9.17, 15) is 14.7 Å². The molecule has 2 aromatic carbocycles. The number of carbonyl (C=O) groups is 2. The summed E-state index contributed by atoms with van der Waals surface area (Å²) in [6.07, 6.45) is -1.30. The van der Waals surface area contributed by atoms with Crippen molar-refractivity contribution in [3.05, 3.63) is 59.1 Å². The van der Waals surface area contributed by atoms with E-state index >= 15 is 0 Å². The summed E-state index contributed by atoms with van der Waals surface area (Å²) in [6.45, 7) is 1.35. The van der Waals surface area contributed by atoms with E-state index in [2.05, 4.69) is 10.6 Å². The number of nitrogens with one attached hydrogen (secondary N) is 2. The SMILES string of the molecule is CC(=O)Nc1cc(Cl)ccc1NC(=O)C(O)c1ccccc1. The van der Waals surface area contributed by atoms with E-state index < -0.39 is 12.0 Å². The van der Waals surface area contributed by atoms with Gasteiger partial charge >= 0.3 is 0 Å². The first-order chi connectivity index (χ1) is 10.5. The lowest BCUT2D eigenvalue weighted by molar-refractivity contribution is -0.124. The molecule has 0 saturated carbocycles. The first kappa shape index (κ1) is 16.0. The third kappa shape index (κ3) is 4.07. The van der Waals surface area contributed by atoms with Crippen LogP contribution in [0, 0.1) is 0 Å². The summed E-state index contributed by atoms with van der Waals surface area (Å²) in [5, 5.41) is 15.6. The molecule has 0 fully saturated rings. The maximum absolute atomic E-state index is 12.1. The number of aliphatic hydroxyl groups is 1. The Hall–Kier alpha value is -2.37. The van der Waals surface area contributed by atoms with Crippen LogP contribution in [0.25, 0.3) is 0 Å². The van der Waals surface area contributed by atoms with E-state index in [1.165, 1.54) is 13.0 Å². The first-order valence-electron chi connectivity index (χ1n) is 6.58. The van der Waals surface area contributed by atoms with E-state index in [1.807, 2.05) is 0 Å². The lowest BCUT2D eigenvalue weighted by Gasteiger charge is -2.15. The van der Waals surface area contributed by atoms with Crippen LogP contribution in [0.15, 0.2) is 48.5 Å². The largest absolute Gasteiger partial charge is 0.378 e. The van der Waals surface area contributed by atoms with Gasteiger partial charge in [0.15, 0.2) is 6.10 Å².